The molecule has 4 heterocycles. The number of anilines is 3. The number of hydrogen-bond donors (Lipinski definition) is 0. The zero-order valence-electron chi connectivity index (χ0n) is 36.1. The van der Waals surface area contributed by atoms with Gasteiger partial charge in [0, 0.05) is 68.6 Å². The van der Waals surface area contributed by atoms with Gasteiger partial charge in [-0.3, -0.25) is 0 Å². The van der Waals surface area contributed by atoms with Crippen LogP contribution in [0, 0.1) is 11.3 Å². The molecule has 0 N–H and O–H groups in total. The van der Waals surface area contributed by atoms with E-state index in [1.165, 1.54) is 62.9 Å². The van der Waals surface area contributed by atoms with Crippen LogP contribution in [0.4, 0.5) is 17.1 Å². The molecule has 1 aliphatic heterocycles. The predicted molar refractivity (Wildman–Crippen MR) is 269 cm³/mol. The molecule has 6 heteroatoms. The van der Waals surface area contributed by atoms with Crippen molar-refractivity contribution in [2.45, 2.75) is 62.2 Å². The van der Waals surface area contributed by atoms with Crippen molar-refractivity contribution in [2.24, 2.45) is 0 Å². The van der Waals surface area contributed by atoms with E-state index < -0.39 is 0 Å². The van der Waals surface area contributed by atoms with Crippen molar-refractivity contribution in [1.82, 2.24) is 9.13 Å². The summed E-state index contributed by atoms with van der Waals surface area (Å²) in [7, 11) is 0. The normalized spacial score (nSPS) is 13.1. The van der Waals surface area contributed by atoms with Gasteiger partial charge in [0.25, 0.3) is 0 Å². The molecule has 0 bridgehead atoms. The third kappa shape index (κ3) is 5.87. The number of rotatable bonds is 3. The third-order valence-corrected chi connectivity index (χ3v) is 15.3. The van der Waals surface area contributed by atoms with E-state index in [1.54, 1.807) is 0 Å². The summed E-state index contributed by atoms with van der Waals surface area (Å²) in [4.78, 5) is 4.84. The standard InChI is InChI=1S/C57H44N4S2/c1-56(2,3)35-16-22-48-43(28-35)44-29-36(57(4,5)6)17-23-49(44)60(48)39-19-25-51-55(32-39)63-54-31-38(59-46-13-9-7-11-40(46)42-27-34(33-58)15-21-47(42)59)18-24-50(54)61(51)37-20-26-53-45(30-37)41-12-8-10-14-52(41)62-53/h7-32H,1-6H3. The van der Waals surface area contributed by atoms with Crippen LogP contribution in [-0.4, -0.2) is 9.13 Å². The molecule has 0 amide bonds. The van der Waals surface area contributed by atoms with Gasteiger partial charge in [0.1, 0.15) is 0 Å². The average molecular weight is 849 g/mol. The Morgan fingerprint density at radius 2 is 0.937 bits per heavy atom. The molecular formula is C57H44N4S2. The predicted octanol–water partition coefficient (Wildman–Crippen LogP) is 16.6. The lowest BCUT2D eigenvalue weighted by Gasteiger charge is -2.33. The van der Waals surface area contributed by atoms with Crippen molar-refractivity contribution in [3.05, 3.63) is 174 Å². The third-order valence-electron chi connectivity index (χ3n) is 13.0. The van der Waals surface area contributed by atoms with Gasteiger partial charge < -0.3 is 14.0 Å². The number of nitriles is 1. The number of hydrogen-bond acceptors (Lipinski definition) is 4. The fourth-order valence-corrected chi connectivity index (χ4v) is 12.0. The van der Waals surface area contributed by atoms with Crippen LogP contribution in [0.3, 0.4) is 0 Å². The molecular weight excluding hydrogens is 805 g/mol. The van der Waals surface area contributed by atoms with Gasteiger partial charge in [-0.1, -0.05) is 102 Å². The summed E-state index contributed by atoms with van der Waals surface area (Å²) in [6, 6.07) is 60.7. The highest BCUT2D eigenvalue weighted by molar-refractivity contribution is 7.99. The lowest BCUT2D eigenvalue weighted by molar-refractivity contribution is 0.590. The first-order valence-electron chi connectivity index (χ1n) is 21.6. The van der Waals surface area contributed by atoms with Crippen molar-refractivity contribution >= 4 is 104 Å². The quantitative estimate of drug-likeness (QED) is 0.178. The first-order chi connectivity index (χ1) is 30.4. The van der Waals surface area contributed by atoms with E-state index in [0.29, 0.717) is 5.56 Å². The summed E-state index contributed by atoms with van der Waals surface area (Å²) in [6.45, 7) is 13.8. The monoisotopic (exact) mass is 848 g/mol. The summed E-state index contributed by atoms with van der Waals surface area (Å²) in [5, 5.41) is 17.2. The van der Waals surface area contributed by atoms with E-state index >= 15 is 0 Å². The second kappa shape index (κ2) is 13.6. The van der Waals surface area contributed by atoms with E-state index in [1.807, 2.05) is 35.2 Å². The Hall–Kier alpha value is -6.78. The first-order valence-corrected chi connectivity index (χ1v) is 23.3. The Bertz CT molecular complexity index is 3690. The van der Waals surface area contributed by atoms with Gasteiger partial charge in [-0.05, 0) is 131 Å². The van der Waals surface area contributed by atoms with Crippen LogP contribution in [0.25, 0.3) is 75.2 Å². The first kappa shape index (κ1) is 37.9. The smallest absolute Gasteiger partial charge is 0.0991 e. The van der Waals surface area contributed by atoms with E-state index in [9.17, 15) is 5.26 Å². The average Bonchev–Trinajstić information content (AvgIpc) is 3.94. The zero-order valence-corrected chi connectivity index (χ0v) is 37.7. The van der Waals surface area contributed by atoms with Crippen molar-refractivity contribution in [3.8, 4) is 17.4 Å². The Balaban J connectivity index is 1.08. The summed E-state index contributed by atoms with van der Waals surface area (Å²) in [5.41, 5.74) is 13.7. The largest absolute Gasteiger partial charge is 0.309 e. The van der Waals surface area contributed by atoms with Crippen molar-refractivity contribution in [2.75, 3.05) is 4.90 Å². The van der Waals surface area contributed by atoms with E-state index in [-0.39, 0.29) is 10.8 Å². The second-order valence-corrected chi connectivity index (χ2v) is 21.2. The minimum Gasteiger partial charge on any atom is -0.309 e. The molecule has 63 heavy (non-hydrogen) atoms. The molecule has 0 radical (unpaired) electrons. The van der Waals surface area contributed by atoms with Gasteiger partial charge >= 0.3 is 0 Å². The van der Waals surface area contributed by atoms with Crippen LogP contribution in [0.2, 0.25) is 0 Å². The highest BCUT2D eigenvalue weighted by Crippen LogP contribution is 2.54. The van der Waals surface area contributed by atoms with E-state index in [4.69, 9.17) is 0 Å². The molecule has 11 aromatic rings. The Morgan fingerprint density at radius 3 is 1.54 bits per heavy atom. The summed E-state index contributed by atoms with van der Waals surface area (Å²) in [5.74, 6) is 0. The van der Waals surface area contributed by atoms with Gasteiger partial charge in [0.2, 0.25) is 0 Å². The Kier molecular flexibility index (Phi) is 8.20. The number of nitrogens with zero attached hydrogens (tertiary/aromatic N) is 4. The van der Waals surface area contributed by atoms with Gasteiger partial charge in [0.15, 0.2) is 0 Å². The minimum absolute atomic E-state index is 0.0273. The fraction of sp³-hybridized carbons (Fsp3) is 0.140. The number of para-hydroxylation sites is 1. The lowest BCUT2D eigenvalue weighted by atomic mass is 9.85. The summed E-state index contributed by atoms with van der Waals surface area (Å²) >= 11 is 3.69. The molecule has 3 aromatic heterocycles. The molecule has 12 rings (SSSR count). The van der Waals surface area contributed by atoms with Crippen molar-refractivity contribution < 1.29 is 0 Å². The molecule has 304 valence electrons. The molecule has 0 saturated heterocycles. The Morgan fingerprint density at radius 1 is 0.429 bits per heavy atom. The summed E-state index contributed by atoms with van der Waals surface area (Å²) in [6.07, 6.45) is 0. The molecule has 0 atom stereocenters. The van der Waals surface area contributed by atoms with Crippen LogP contribution in [0.15, 0.2) is 168 Å². The maximum absolute atomic E-state index is 9.82. The molecule has 8 aromatic carbocycles. The molecule has 0 aliphatic carbocycles. The van der Waals surface area contributed by atoms with E-state index in [2.05, 4.69) is 207 Å². The van der Waals surface area contributed by atoms with Crippen LogP contribution in [0.5, 0.6) is 0 Å². The van der Waals surface area contributed by atoms with Crippen LogP contribution in [-0.2, 0) is 10.8 Å². The minimum atomic E-state index is 0.0273. The highest BCUT2D eigenvalue weighted by Gasteiger charge is 2.28. The number of aromatic nitrogens is 2. The van der Waals surface area contributed by atoms with Crippen molar-refractivity contribution in [3.63, 3.8) is 0 Å². The van der Waals surface area contributed by atoms with Crippen LogP contribution >= 0.6 is 23.1 Å². The topological polar surface area (TPSA) is 36.9 Å². The van der Waals surface area contributed by atoms with Gasteiger partial charge in [-0.2, -0.15) is 5.26 Å². The van der Waals surface area contributed by atoms with Crippen molar-refractivity contribution in [1.29, 1.82) is 5.26 Å². The highest BCUT2D eigenvalue weighted by atomic mass is 32.2. The van der Waals surface area contributed by atoms with E-state index in [0.717, 1.165) is 50.2 Å². The van der Waals surface area contributed by atoms with Gasteiger partial charge in [-0.25, -0.2) is 0 Å². The second-order valence-electron chi connectivity index (χ2n) is 19.0. The summed E-state index contributed by atoms with van der Waals surface area (Å²) < 4.78 is 7.41. The molecule has 4 nitrogen and oxygen atoms in total. The maximum atomic E-state index is 9.82. The number of fused-ring (bicyclic) bond motifs is 11. The zero-order chi connectivity index (χ0) is 42.9. The molecule has 0 spiro atoms. The number of benzene rings is 8. The van der Waals surface area contributed by atoms with Gasteiger partial charge in [0.05, 0.1) is 45.1 Å². The molecule has 1 aliphatic rings. The Labute approximate surface area is 375 Å². The number of thiophene rings is 1. The van der Waals surface area contributed by atoms with Crippen LogP contribution in [0.1, 0.15) is 58.2 Å². The van der Waals surface area contributed by atoms with Crippen LogP contribution < -0.4 is 4.90 Å². The molecule has 0 saturated carbocycles. The lowest BCUT2D eigenvalue weighted by Crippen LogP contribution is -2.15. The maximum Gasteiger partial charge on any atom is 0.0991 e. The SMILES string of the molecule is CC(C)(C)c1ccc2c(c1)c1cc(C(C)(C)C)ccc1n2-c1ccc2c(c1)Sc1cc(-n3c4ccccc4c4cc(C#N)ccc43)ccc1N2c1ccc2sc3ccccc3c2c1. The molecule has 0 fully saturated rings. The van der Waals surface area contributed by atoms with Gasteiger partial charge in [-0.15, -0.1) is 11.3 Å². The molecule has 0 unspecified atom stereocenters. The fourth-order valence-electron chi connectivity index (χ4n) is 9.75.